The molecule has 0 spiro atoms. The highest BCUT2D eigenvalue weighted by Gasteiger charge is 2.27. The number of esters is 1. The Bertz CT molecular complexity index is 698. The maximum absolute atomic E-state index is 12.5. The summed E-state index contributed by atoms with van der Waals surface area (Å²) >= 11 is 6.04. The standard InChI is InChI=1S/C20H26ClNO6/c1-5-10-27-19(25)22-16(11-18(24)28-20(2,3)4)17(23)13-26-12-14-8-6-7-9-15(14)21/h5-9,16H,1,10-13H2,2-4H3,(H,22,25). The molecule has 0 fully saturated rings. The van der Waals surface area contributed by atoms with Crippen molar-refractivity contribution >= 4 is 29.4 Å². The third kappa shape index (κ3) is 9.53. The second kappa shape index (κ2) is 11.5. The van der Waals surface area contributed by atoms with E-state index in [9.17, 15) is 14.4 Å². The summed E-state index contributed by atoms with van der Waals surface area (Å²) in [5, 5.41) is 2.88. The van der Waals surface area contributed by atoms with Crippen LogP contribution < -0.4 is 5.32 Å². The van der Waals surface area contributed by atoms with E-state index in [1.807, 2.05) is 0 Å². The highest BCUT2D eigenvalue weighted by atomic mass is 35.5. The maximum atomic E-state index is 12.5. The highest BCUT2D eigenvalue weighted by Crippen LogP contribution is 2.16. The Hall–Kier alpha value is -2.38. The lowest BCUT2D eigenvalue weighted by Gasteiger charge is -2.22. The first kappa shape index (κ1) is 23.7. The number of rotatable bonds is 10. The van der Waals surface area contributed by atoms with Gasteiger partial charge in [-0.15, -0.1) is 0 Å². The second-order valence-electron chi connectivity index (χ2n) is 6.93. The Balaban J connectivity index is 2.68. The minimum atomic E-state index is -1.14. The molecule has 0 saturated carbocycles. The number of nitrogens with one attached hydrogen (secondary N) is 1. The van der Waals surface area contributed by atoms with Crippen molar-refractivity contribution in [2.24, 2.45) is 0 Å². The van der Waals surface area contributed by atoms with Gasteiger partial charge in [0.25, 0.3) is 0 Å². The zero-order valence-electron chi connectivity index (χ0n) is 16.3. The first-order chi connectivity index (χ1) is 13.1. The summed E-state index contributed by atoms with van der Waals surface area (Å²) in [5.41, 5.74) is 0.00760. The van der Waals surface area contributed by atoms with Crippen LogP contribution in [0.2, 0.25) is 5.02 Å². The van der Waals surface area contributed by atoms with Gasteiger partial charge in [-0.1, -0.05) is 42.5 Å². The van der Waals surface area contributed by atoms with Gasteiger partial charge in [-0.05, 0) is 32.4 Å². The summed E-state index contributed by atoms with van der Waals surface area (Å²) in [6.07, 6.45) is 0.207. The fourth-order valence-electron chi connectivity index (χ4n) is 2.09. The van der Waals surface area contributed by atoms with Crippen LogP contribution in [0.25, 0.3) is 0 Å². The lowest BCUT2D eigenvalue weighted by Crippen LogP contribution is -2.45. The van der Waals surface area contributed by atoms with Crippen LogP contribution in [-0.4, -0.2) is 42.7 Å². The van der Waals surface area contributed by atoms with Gasteiger partial charge in [0.05, 0.1) is 13.0 Å². The number of carbonyl (C=O) groups excluding carboxylic acids is 3. The lowest BCUT2D eigenvalue weighted by atomic mass is 10.1. The molecule has 28 heavy (non-hydrogen) atoms. The van der Waals surface area contributed by atoms with Gasteiger partial charge in [0.2, 0.25) is 0 Å². The largest absolute Gasteiger partial charge is 0.460 e. The van der Waals surface area contributed by atoms with E-state index in [-0.39, 0.29) is 26.2 Å². The van der Waals surface area contributed by atoms with Crippen LogP contribution in [0.15, 0.2) is 36.9 Å². The predicted octanol–water partition coefficient (Wildman–Crippen LogP) is 3.44. The summed E-state index contributed by atoms with van der Waals surface area (Å²) < 4.78 is 15.4. The first-order valence-electron chi connectivity index (χ1n) is 8.72. The monoisotopic (exact) mass is 411 g/mol. The normalized spacial score (nSPS) is 12.0. The summed E-state index contributed by atoms with van der Waals surface area (Å²) in [4.78, 5) is 36.3. The number of ether oxygens (including phenoxy) is 3. The number of halogens is 1. The quantitative estimate of drug-likeness (QED) is 0.468. The van der Waals surface area contributed by atoms with Crippen molar-refractivity contribution in [1.82, 2.24) is 5.32 Å². The molecule has 1 amide bonds. The number of carbonyl (C=O) groups is 3. The van der Waals surface area contributed by atoms with E-state index in [0.29, 0.717) is 5.02 Å². The van der Waals surface area contributed by atoms with E-state index < -0.39 is 29.5 Å². The minimum Gasteiger partial charge on any atom is -0.460 e. The third-order valence-corrected chi connectivity index (χ3v) is 3.63. The van der Waals surface area contributed by atoms with Gasteiger partial charge in [0.15, 0.2) is 5.78 Å². The Kier molecular flexibility index (Phi) is 9.68. The molecule has 0 saturated heterocycles. The SMILES string of the molecule is C=CCOC(=O)NC(CC(=O)OC(C)(C)C)C(=O)COCc1ccccc1Cl. The van der Waals surface area contributed by atoms with Crippen LogP contribution in [0.5, 0.6) is 0 Å². The number of benzene rings is 1. The van der Waals surface area contributed by atoms with Crippen LogP contribution >= 0.6 is 11.6 Å². The van der Waals surface area contributed by atoms with Gasteiger partial charge in [-0.3, -0.25) is 9.59 Å². The number of alkyl carbamates (subject to hydrolysis) is 1. The minimum absolute atomic E-state index is 0.0256. The lowest BCUT2D eigenvalue weighted by molar-refractivity contribution is -0.156. The topological polar surface area (TPSA) is 90.9 Å². The zero-order valence-corrected chi connectivity index (χ0v) is 17.1. The maximum Gasteiger partial charge on any atom is 0.408 e. The van der Waals surface area contributed by atoms with E-state index in [4.69, 9.17) is 25.8 Å². The van der Waals surface area contributed by atoms with Gasteiger partial charge in [-0.25, -0.2) is 4.79 Å². The first-order valence-corrected chi connectivity index (χ1v) is 9.10. The smallest absolute Gasteiger partial charge is 0.408 e. The van der Waals surface area contributed by atoms with Crippen LogP contribution in [0.4, 0.5) is 4.79 Å². The molecule has 1 atom stereocenters. The Morgan fingerprint density at radius 1 is 1.25 bits per heavy atom. The number of hydrogen-bond donors (Lipinski definition) is 1. The number of amides is 1. The van der Waals surface area contributed by atoms with E-state index in [2.05, 4.69) is 11.9 Å². The van der Waals surface area contributed by atoms with Crippen LogP contribution in [0, 0.1) is 0 Å². The van der Waals surface area contributed by atoms with E-state index in [0.717, 1.165) is 5.56 Å². The summed E-state index contributed by atoms with van der Waals surface area (Å²) in [6, 6.07) is 5.93. The van der Waals surface area contributed by atoms with Gasteiger partial charge in [0, 0.05) is 5.02 Å². The molecule has 0 radical (unpaired) electrons. The number of Topliss-reactive ketones (excluding diaryl/α,β-unsaturated/α-hetero) is 1. The van der Waals surface area contributed by atoms with Crippen molar-refractivity contribution in [3.63, 3.8) is 0 Å². The fourth-order valence-corrected chi connectivity index (χ4v) is 2.28. The van der Waals surface area contributed by atoms with Crippen molar-refractivity contribution in [2.45, 2.75) is 45.4 Å². The molecule has 1 unspecified atom stereocenters. The van der Waals surface area contributed by atoms with Crippen molar-refractivity contribution in [1.29, 1.82) is 0 Å². The molecule has 0 aliphatic heterocycles. The van der Waals surface area contributed by atoms with Crippen molar-refractivity contribution in [3.05, 3.63) is 47.5 Å². The second-order valence-corrected chi connectivity index (χ2v) is 7.33. The molecule has 0 aliphatic carbocycles. The summed E-state index contributed by atoms with van der Waals surface area (Å²) in [5.74, 6) is -1.12. The summed E-state index contributed by atoms with van der Waals surface area (Å²) in [7, 11) is 0. The average Bonchev–Trinajstić information content (AvgIpc) is 2.59. The molecule has 8 heteroatoms. The molecule has 1 aromatic rings. The van der Waals surface area contributed by atoms with E-state index >= 15 is 0 Å². The molecule has 0 heterocycles. The van der Waals surface area contributed by atoms with Crippen molar-refractivity contribution in [2.75, 3.05) is 13.2 Å². The van der Waals surface area contributed by atoms with Crippen molar-refractivity contribution in [3.8, 4) is 0 Å². The van der Waals surface area contributed by atoms with Gasteiger partial charge >= 0.3 is 12.1 Å². The molecular formula is C20H26ClNO6. The Morgan fingerprint density at radius 3 is 2.54 bits per heavy atom. The summed E-state index contributed by atoms with van der Waals surface area (Å²) in [6.45, 7) is 8.33. The molecule has 0 bridgehead atoms. The molecule has 0 aromatic heterocycles. The molecule has 0 aliphatic rings. The van der Waals surface area contributed by atoms with E-state index in [1.165, 1.54) is 6.08 Å². The predicted molar refractivity (Wildman–Crippen MR) is 105 cm³/mol. The van der Waals surface area contributed by atoms with Crippen LogP contribution in [0.1, 0.15) is 32.8 Å². The highest BCUT2D eigenvalue weighted by molar-refractivity contribution is 6.31. The molecule has 1 rings (SSSR count). The van der Waals surface area contributed by atoms with Crippen LogP contribution in [-0.2, 0) is 30.4 Å². The number of ketones is 1. The van der Waals surface area contributed by atoms with Gasteiger partial charge < -0.3 is 19.5 Å². The molecule has 154 valence electrons. The molecule has 1 aromatic carbocycles. The van der Waals surface area contributed by atoms with Gasteiger partial charge in [-0.2, -0.15) is 0 Å². The molecular weight excluding hydrogens is 386 g/mol. The third-order valence-electron chi connectivity index (χ3n) is 3.26. The van der Waals surface area contributed by atoms with E-state index in [1.54, 1.807) is 45.0 Å². The van der Waals surface area contributed by atoms with Gasteiger partial charge in [0.1, 0.15) is 24.9 Å². The average molecular weight is 412 g/mol. The molecule has 1 N–H and O–H groups in total. The Morgan fingerprint density at radius 2 is 1.93 bits per heavy atom. The molecule has 7 nitrogen and oxygen atoms in total. The van der Waals surface area contributed by atoms with Crippen molar-refractivity contribution < 1.29 is 28.6 Å². The zero-order chi connectivity index (χ0) is 21.2. The van der Waals surface area contributed by atoms with Crippen LogP contribution in [0.3, 0.4) is 0 Å². The number of hydrogen-bond acceptors (Lipinski definition) is 6. The fraction of sp³-hybridized carbons (Fsp3) is 0.450. The Labute approximate surface area is 170 Å².